The zero-order chi connectivity index (χ0) is 21.8. The number of ether oxygens (including phenoxy) is 1. The van der Waals surface area contributed by atoms with E-state index in [0.29, 0.717) is 28.2 Å². The lowest BCUT2D eigenvalue weighted by Gasteiger charge is -2.30. The second-order valence-electron chi connectivity index (χ2n) is 6.92. The van der Waals surface area contributed by atoms with Crippen molar-refractivity contribution in [1.82, 2.24) is 4.98 Å². The molecule has 3 rings (SSSR count). The molecule has 3 nitrogen and oxygen atoms in total. The lowest BCUT2D eigenvalue weighted by atomic mass is 10.1. The van der Waals surface area contributed by atoms with Crippen molar-refractivity contribution in [3.63, 3.8) is 0 Å². The van der Waals surface area contributed by atoms with Gasteiger partial charge in [0, 0.05) is 24.1 Å². The number of aryl methyl sites for hydroxylation is 1. The van der Waals surface area contributed by atoms with Gasteiger partial charge in [0.05, 0.1) is 33.4 Å². The van der Waals surface area contributed by atoms with Crippen LogP contribution in [-0.2, 0) is 11.3 Å². The van der Waals surface area contributed by atoms with Crippen LogP contribution in [0.15, 0.2) is 36.4 Å². The molecule has 0 bridgehead atoms. The molecular weight excluding hydrogens is 466 g/mol. The molecule has 3 aromatic rings. The zero-order valence-electron chi connectivity index (χ0n) is 16.9. The topological polar surface area (TPSA) is 25.4 Å². The summed E-state index contributed by atoms with van der Waals surface area (Å²) in [6.07, 6.45) is 0.872. The fourth-order valence-corrected chi connectivity index (χ4v) is 4.85. The van der Waals surface area contributed by atoms with Crippen LogP contribution in [0.2, 0.25) is 15.1 Å². The Labute approximate surface area is 195 Å². The summed E-state index contributed by atoms with van der Waals surface area (Å²) in [7, 11) is 1.69. The fraction of sp³-hybridized carbons (Fsp3) is 0.318. The third kappa shape index (κ3) is 5.27. The molecule has 1 aromatic heterocycles. The minimum Gasteiger partial charge on any atom is -0.383 e. The van der Waals surface area contributed by atoms with Crippen LogP contribution in [0.25, 0.3) is 11.3 Å². The van der Waals surface area contributed by atoms with E-state index >= 15 is 0 Å². The number of halogens is 4. The highest BCUT2D eigenvalue weighted by Crippen LogP contribution is 2.40. The number of methoxy groups -OCH3 is 1. The van der Waals surface area contributed by atoms with E-state index in [2.05, 4.69) is 11.8 Å². The van der Waals surface area contributed by atoms with Gasteiger partial charge in [-0.15, -0.1) is 11.3 Å². The predicted octanol–water partition coefficient (Wildman–Crippen LogP) is 7.65. The average Bonchev–Trinajstić information content (AvgIpc) is 3.10. The number of hydrogen-bond donors (Lipinski definition) is 0. The summed E-state index contributed by atoms with van der Waals surface area (Å²) in [6, 6.07) is 10.0. The molecule has 1 atom stereocenters. The molecule has 30 heavy (non-hydrogen) atoms. The minimum atomic E-state index is -0.254. The van der Waals surface area contributed by atoms with E-state index in [9.17, 15) is 4.39 Å². The van der Waals surface area contributed by atoms with Crippen molar-refractivity contribution < 1.29 is 9.13 Å². The van der Waals surface area contributed by atoms with Crippen LogP contribution in [0, 0.1) is 12.7 Å². The van der Waals surface area contributed by atoms with Gasteiger partial charge in [0.1, 0.15) is 5.82 Å². The van der Waals surface area contributed by atoms with Gasteiger partial charge in [0.2, 0.25) is 0 Å². The number of nitrogens with zero attached hydrogens (tertiary/aromatic N) is 2. The van der Waals surface area contributed by atoms with Crippen LogP contribution in [0.1, 0.15) is 23.8 Å². The summed E-state index contributed by atoms with van der Waals surface area (Å²) in [4.78, 5) is 8.12. The minimum absolute atomic E-state index is 0.114. The summed E-state index contributed by atoms with van der Waals surface area (Å²) in [5, 5.41) is 2.18. The first-order valence-electron chi connectivity index (χ1n) is 9.46. The normalized spacial score (nSPS) is 12.2. The van der Waals surface area contributed by atoms with E-state index in [1.54, 1.807) is 42.7 Å². The van der Waals surface area contributed by atoms with Crippen molar-refractivity contribution in [3.05, 3.63) is 67.7 Å². The van der Waals surface area contributed by atoms with Crippen molar-refractivity contribution in [2.24, 2.45) is 0 Å². The molecule has 160 valence electrons. The van der Waals surface area contributed by atoms with Gasteiger partial charge in [-0.1, -0.05) is 53.9 Å². The maximum Gasteiger partial charge on any atom is 0.186 e. The van der Waals surface area contributed by atoms with Gasteiger partial charge in [-0.25, -0.2) is 9.37 Å². The molecule has 2 aromatic carbocycles. The quantitative estimate of drug-likeness (QED) is 0.305. The highest BCUT2D eigenvalue weighted by Gasteiger charge is 2.23. The highest BCUT2D eigenvalue weighted by molar-refractivity contribution is 7.16. The Morgan fingerprint density at radius 1 is 1.10 bits per heavy atom. The molecule has 0 aliphatic rings. The third-order valence-corrected chi connectivity index (χ3v) is 6.88. The molecule has 0 radical (unpaired) electrons. The Morgan fingerprint density at radius 3 is 2.40 bits per heavy atom. The standard InChI is InChI=1S/C22H22Cl3FN2OS/c1-4-16(12-29-3)28(11-14-5-7-15(26)8-6-14)22-27-21(13(2)30-22)17-9-19(24)20(25)10-18(17)23/h5-10,16H,4,11-12H2,1-3H3. The molecule has 0 saturated heterocycles. The molecule has 0 amide bonds. The van der Waals surface area contributed by atoms with Gasteiger partial charge in [0.25, 0.3) is 0 Å². The zero-order valence-corrected chi connectivity index (χ0v) is 20.0. The highest BCUT2D eigenvalue weighted by atomic mass is 35.5. The van der Waals surface area contributed by atoms with Gasteiger partial charge >= 0.3 is 0 Å². The van der Waals surface area contributed by atoms with Gasteiger partial charge in [-0.05, 0) is 43.2 Å². The van der Waals surface area contributed by atoms with E-state index in [1.807, 2.05) is 6.92 Å². The van der Waals surface area contributed by atoms with Crippen molar-refractivity contribution in [2.75, 3.05) is 18.6 Å². The van der Waals surface area contributed by atoms with Gasteiger partial charge in [-0.3, -0.25) is 0 Å². The van der Waals surface area contributed by atoms with Crippen LogP contribution < -0.4 is 4.90 Å². The van der Waals surface area contributed by atoms with Gasteiger partial charge in [-0.2, -0.15) is 0 Å². The first kappa shape index (κ1) is 23.3. The molecule has 0 aliphatic heterocycles. The lowest BCUT2D eigenvalue weighted by molar-refractivity contribution is 0.174. The van der Waals surface area contributed by atoms with Crippen LogP contribution >= 0.6 is 46.1 Å². The number of benzene rings is 2. The molecule has 0 aliphatic carbocycles. The Kier molecular flexibility index (Phi) is 7.99. The lowest BCUT2D eigenvalue weighted by Crippen LogP contribution is -2.37. The number of aromatic nitrogens is 1. The summed E-state index contributed by atoms with van der Waals surface area (Å²) in [6.45, 7) is 5.25. The molecule has 1 heterocycles. The number of thiazole rings is 1. The summed E-state index contributed by atoms with van der Waals surface area (Å²) in [5.41, 5.74) is 2.51. The SMILES string of the molecule is CCC(COC)N(Cc1ccc(F)cc1)c1nc(-c2cc(Cl)c(Cl)cc2Cl)c(C)s1. The van der Waals surface area contributed by atoms with Crippen molar-refractivity contribution in [2.45, 2.75) is 32.9 Å². The maximum absolute atomic E-state index is 13.4. The van der Waals surface area contributed by atoms with E-state index < -0.39 is 0 Å². The van der Waals surface area contributed by atoms with E-state index in [4.69, 9.17) is 44.5 Å². The number of anilines is 1. The van der Waals surface area contributed by atoms with Crippen LogP contribution in [0.3, 0.4) is 0 Å². The Balaban J connectivity index is 2.02. The van der Waals surface area contributed by atoms with Crippen LogP contribution in [0.4, 0.5) is 9.52 Å². The first-order valence-corrected chi connectivity index (χ1v) is 11.4. The fourth-order valence-electron chi connectivity index (χ4n) is 3.22. The summed E-state index contributed by atoms with van der Waals surface area (Å²) < 4.78 is 18.8. The summed E-state index contributed by atoms with van der Waals surface area (Å²) >= 11 is 20.3. The average molecular weight is 488 g/mol. The van der Waals surface area contributed by atoms with Crippen LogP contribution in [0.5, 0.6) is 0 Å². The van der Waals surface area contributed by atoms with E-state index in [-0.39, 0.29) is 11.9 Å². The molecule has 1 unspecified atom stereocenters. The van der Waals surface area contributed by atoms with Gasteiger partial charge in [0.15, 0.2) is 5.13 Å². The number of rotatable bonds is 8. The Bertz CT molecular complexity index is 1010. The van der Waals surface area contributed by atoms with Crippen LogP contribution in [-0.4, -0.2) is 24.7 Å². The van der Waals surface area contributed by atoms with E-state index in [0.717, 1.165) is 33.3 Å². The maximum atomic E-state index is 13.4. The second kappa shape index (κ2) is 10.3. The van der Waals surface area contributed by atoms with E-state index in [1.165, 1.54) is 12.1 Å². The molecule has 0 fully saturated rings. The smallest absolute Gasteiger partial charge is 0.186 e. The summed E-state index contributed by atoms with van der Waals surface area (Å²) in [5.74, 6) is -0.254. The molecule has 0 N–H and O–H groups in total. The monoisotopic (exact) mass is 486 g/mol. The van der Waals surface area contributed by atoms with Crippen molar-refractivity contribution >= 4 is 51.3 Å². The van der Waals surface area contributed by atoms with Crippen molar-refractivity contribution in [3.8, 4) is 11.3 Å². The second-order valence-corrected chi connectivity index (χ2v) is 9.32. The Hall–Kier alpha value is -1.37. The third-order valence-electron chi connectivity index (χ3n) is 4.83. The van der Waals surface area contributed by atoms with Crippen molar-refractivity contribution in [1.29, 1.82) is 0 Å². The molecular formula is C22H22Cl3FN2OS. The molecule has 8 heteroatoms. The first-order chi connectivity index (χ1) is 14.3. The predicted molar refractivity (Wildman–Crippen MR) is 126 cm³/mol. The largest absolute Gasteiger partial charge is 0.383 e. The number of hydrogen-bond acceptors (Lipinski definition) is 4. The molecule has 0 saturated carbocycles. The molecule has 0 spiro atoms. The Morgan fingerprint density at radius 2 is 1.77 bits per heavy atom. The van der Waals surface area contributed by atoms with Gasteiger partial charge < -0.3 is 9.64 Å².